The zero-order valence-electron chi connectivity index (χ0n) is 13.2. The molecule has 2 fully saturated rings. The smallest absolute Gasteiger partial charge is 0.109 e. The molecular formula is C17H25ClN2O3. The van der Waals surface area contributed by atoms with Crippen molar-refractivity contribution in [3.05, 3.63) is 34.9 Å². The van der Waals surface area contributed by atoms with Gasteiger partial charge in [-0.1, -0.05) is 23.7 Å². The minimum Gasteiger partial charge on any atom is -0.394 e. The van der Waals surface area contributed by atoms with E-state index in [1.54, 1.807) is 0 Å². The average molecular weight is 341 g/mol. The molecule has 0 amide bonds. The van der Waals surface area contributed by atoms with E-state index < -0.39 is 12.2 Å². The first-order chi connectivity index (χ1) is 11.2. The van der Waals surface area contributed by atoms with Crippen molar-refractivity contribution in [3.8, 4) is 0 Å². The molecule has 128 valence electrons. The Morgan fingerprint density at radius 3 is 2.74 bits per heavy atom. The normalized spacial score (nSPS) is 31.8. The summed E-state index contributed by atoms with van der Waals surface area (Å²) >= 11 is 6.00. The third kappa shape index (κ3) is 4.05. The molecular weight excluding hydrogens is 316 g/mol. The first-order valence-electron chi connectivity index (χ1n) is 8.32. The van der Waals surface area contributed by atoms with Crippen LogP contribution in [0.3, 0.4) is 0 Å². The van der Waals surface area contributed by atoms with Gasteiger partial charge in [0, 0.05) is 18.1 Å². The fraction of sp³-hybridized carbons (Fsp3) is 0.647. The minimum absolute atomic E-state index is 0.0403. The zero-order valence-corrected chi connectivity index (χ0v) is 14.0. The number of ether oxygens (including phenoxy) is 1. The van der Waals surface area contributed by atoms with Gasteiger partial charge in [0.05, 0.1) is 18.8 Å². The van der Waals surface area contributed by atoms with E-state index in [2.05, 4.69) is 10.2 Å². The first-order valence-corrected chi connectivity index (χ1v) is 8.70. The second-order valence-corrected chi connectivity index (χ2v) is 6.82. The molecule has 6 heteroatoms. The van der Waals surface area contributed by atoms with Gasteiger partial charge in [-0.25, -0.2) is 0 Å². The van der Waals surface area contributed by atoms with Crippen LogP contribution in [0.1, 0.15) is 18.4 Å². The summed E-state index contributed by atoms with van der Waals surface area (Å²) < 4.78 is 5.88. The van der Waals surface area contributed by atoms with Gasteiger partial charge >= 0.3 is 0 Å². The quantitative estimate of drug-likeness (QED) is 0.721. The lowest BCUT2D eigenvalue weighted by Crippen LogP contribution is -2.49. The number of nitrogens with one attached hydrogen (secondary N) is 1. The molecule has 3 rings (SSSR count). The van der Waals surface area contributed by atoms with Crippen molar-refractivity contribution in [2.24, 2.45) is 0 Å². The van der Waals surface area contributed by atoms with Gasteiger partial charge in [-0.15, -0.1) is 0 Å². The van der Waals surface area contributed by atoms with Crippen LogP contribution in [0.25, 0.3) is 0 Å². The molecule has 0 saturated carbocycles. The van der Waals surface area contributed by atoms with E-state index in [9.17, 15) is 10.2 Å². The number of aliphatic hydroxyl groups is 2. The summed E-state index contributed by atoms with van der Waals surface area (Å²) in [4.78, 5) is 2.30. The van der Waals surface area contributed by atoms with Crippen LogP contribution < -0.4 is 5.32 Å². The number of likely N-dealkylation sites (tertiary alicyclic amines) is 1. The van der Waals surface area contributed by atoms with E-state index in [0.717, 1.165) is 36.5 Å². The predicted molar refractivity (Wildman–Crippen MR) is 89.5 cm³/mol. The zero-order chi connectivity index (χ0) is 16.2. The van der Waals surface area contributed by atoms with Gasteiger partial charge in [0.15, 0.2) is 0 Å². The van der Waals surface area contributed by atoms with E-state index in [-0.39, 0.29) is 18.8 Å². The van der Waals surface area contributed by atoms with Crippen LogP contribution in [0.4, 0.5) is 0 Å². The van der Waals surface area contributed by atoms with Crippen LogP contribution in [-0.2, 0) is 11.3 Å². The molecule has 1 aromatic carbocycles. The maximum absolute atomic E-state index is 10.5. The molecule has 5 nitrogen and oxygen atoms in total. The van der Waals surface area contributed by atoms with Crippen LogP contribution in [0, 0.1) is 0 Å². The molecule has 0 radical (unpaired) electrons. The minimum atomic E-state index is -0.629. The first kappa shape index (κ1) is 17.1. The Hall–Kier alpha value is -0.690. The summed E-state index contributed by atoms with van der Waals surface area (Å²) in [7, 11) is 0. The highest BCUT2D eigenvalue weighted by Crippen LogP contribution is 2.28. The highest BCUT2D eigenvalue weighted by molar-refractivity contribution is 6.30. The molecule has 4 atom stereocenters. The molecule has 0 spiro atoms. The van der Waals surface area contributed by atoms with Gasteiger partial charge in [0.2, 0.25) is 0 Å². The van der Waals surface area contributed by atoms with Crippen molar-refractivity contribution in [1.29, 1.82) is 0 Å². The summed E-state index contributed by atoms with van der Waals surface area (Å²) in [5.74, 6) is 0. The number of rotatable bonds is 6. The molecule has 2 saturated heterocycles. The van der Waals surface area contributed by atoms with Crippen molar-refractivity contribution in [3.63, 3.8) is 0 Å². The summed E-state index contributed by atoms with van der Waals surface area (Å²) in [6.07, 6.45) is 1.10. The Kier molecular flexibility index (Phi) is 5.91. The van der Waals surface area contributed by atoms with Crippen molar-refractivity contribution in [2.75, 3.05) is 26.2 Å². The maximum Gasteiger partial charge on any atom is 0.109 e. The third-order valence-corrected chi connectivity index (χ3v) is 5.00. The Balaban J connectivity index is 1.58. The van der Waals surface area contributed by atoms with Crippen molar-refractivity contribution >= 4 is 11.6 Å². The Morgan fingerprint density at radius 2 is 2.04 bits per heavy atom. The molecule has 3 N–H and O–H groups in total. The highest BCUT2D eigenvalue weighted by Gasteiger charge is 2.46. The van der Waals surface area contributed by atoms with Crippen LogP contribution in [0.15, 0.2) is 24.3 Å². The van der Waals surface area contributed by atoms with Gasteiger partial charge in [-0.3, -0.25) is 4.90 Å². The number of aliphatic hydroxyl groups excluding tert-OH is 2. The van der Waals surface area contributed by atoms with E-state index in [4.69, 9.17) is 16.3 Å². The molecule has 2 aliphatic heterocycles. The topological polar surface area (TPSA) is 65.0 Å². The lowest BCUT2D eigenvalue weighted by atomic mass is 10.0. The van der Waals surface area contributed by atoms with E-state index in [1.807, 2.05) is 24.3 Å². The van der Waals surface area contributed by atoms with Crippen LogP contribution in [0.5, 0.6) is 0 Å². The molecule has 0 bridgehead atoms. The number of benzene rings is 1. The Morgan fingerprint density at radius 1 is 1.26 bits per heavy atom. The Bertz CT molecular complexity index is 510. The van der Waals surface area contributed by atoms with Gasteiger partial charge in [-0.2, -0.15) is 0 Å². The summed E-state index contributed by atoms with van der Waals surface area (Å²) in [5, 5.41) is 24.0. The summed E-state index contributed by atoms with van der Waals surface area (Å²) in [5.41, 5.74) is 1.12. The van der Waals surface area contributed by atoms with Crippen molar-refractivity contribution < 1.29 is 14.9 Å². The molecule has 2 aliphatic rings. The number of nitrogens with zero attached hydrogens (tertiary/aromatic N) is 1. The van der Waals surface area contributed by atoms with Crippen LogP contribution in [0.2, 0.25) is 5.02 Å². The molecule has 0 aliphatic carbocycles. The number of hydrogen-bond donors (Lipinski definition) is 3. The monoisotopic (exact) mass is 340 g/mol. The van der Waals surface area contributed by atoms with Gasteiger partial charge in [0.25, 0.3) is 0 Å². The molecule has 23 heavy (non-hydrogen) atoms. The van der Waals surface area contributed by atoms with Gasteiger partial charge in [0.1, 0.15) is 12.2 Å². The third-order valence-electron chi connectivity index (χ3n) is 4.77. The van der Waals surface area contributed by atoms with E-state index >= 15 is 0 Å². The fourth-order valence-electron chi connectivity index (χ4n) is 3.64. The van der Waals surface area contributed by atoms with E-state index in [1.165, 1.54) is 0 Å². The SMILES string of the molecule is OC[C@@H]1O[C@@H](CNCc2cccc(Cl)c2)[C@H](N2CCCC2)[C@@H]1O. The van der Waals surface area contributed by atoms with Crippen LogP contribution in [-0.4, -0.2) is 65.7 Å². The number of hydrogen-bond acceptors (Lipinski definition) is 5. The van der Waals surface area contributed by atoms with Gasteiger partial charge in [-0.05, 0) is 43.6 Å². The van der Waals surface area contributed by atoms with Crippen LogP contribution >= 0.6 is 11.6 Å². The molecule has 0 aromatic heterocycles. The number of halogens is 1. The van der Waals surface area contributed by atoms with Crippen molar-refractivity contribution in [2.45, 2.75) is 43.7 Å². The van der Waals surface area contributed by atoms with Gasteiger partial charge < -0.3 is 20.3 Å². The molecule has 0 unspecified atom stereocenters. The average Bonchev–Trinajstić information content (AvgIpc) is 3.15. The van der Waals surface area contributed by atoms with E-state index in [0.29, 0.717) is 13.1 Å². The molecule has 1 aromatic rings. The predicted octanol–water partition coefficient (Wildman–Crippen LogP) is 1.01. The molecule has 2 heterocycles. The second kappa shape index (κ2) is 7.92. The fourth-order valence-corrected chi connectivity index (χ4v) is 3.85. The lowest BCUT2D eigenvalue weighted by molar-refractivity contribution is -0.0213. The summed E-state index contributed by atoms with van der Waals surface area (Å²) in [6, 6.07) is 7.72. The second-order valence-electron chi connectivity index (χ2n) is 6.38. The Labute approximate surface area is 142 Å². The maximum atomic E-state index is 10.5. The highest BCUT2D eigenvalue weighted by atomic mass is 35.5. The standard InChI is InChI=1S/C17H25ClN2O3/c18-13-5-3-4-12(8-13)9-19-10-14-16(20-6-1-2-7-20)17(22)15(11-21)23-14/h3-5,8,14-17,19,21-22H,1-2,6-7,9-11H2/t14-,15-,16-,17+/m0/s1. The largest absolute Gasteiger partial charge is 0.394 e. The summed E-state index contributed by atoms with van der Waals surface area (Å²) in [6.45, 7) is 3.19. The van der Waals surface area contributed by atoms with Crippen molar-refractivity contribution in [1.82, 2.24) is 10.2 Å². The lowest BCUT2D eigenvalue weighted by Gasteiger charge is -2.30.